The van der Waals surface area contributed by atoms with Crippen molar-refractivity contribution in [1.29, 1.82) is 0 Å². The van der Waals surface area contributed by atoms with E-state index in [4.69, 9.17) is 14.2 Å². The Morgan fingerprint density at radius 2 is 1.97 bits per heavy atom. The third-order valence-corrected chi connectivity index (χ3v) is 4.69. The van der Waals surface area contributed by atoms with Gasteiger partial charge in [-0.3, -0.25) is 0 Å². The fourth-order valence-electron chi connectivity index (χ4n) is 3.05. The summed E-state index contributed by atoms with van der Waals surface area (Å²) in [6.07, 6.45) is 2.99. The lowest BCUT2D eigenvalue weighted by molar-refractivity contribution is 0.0502. The van der Waals surface area contributed by atoms with Crippen LogP contribution in [-0.4, -0.2) is 39.8 Å². The van der Waals surface area contributed by atoms with Crippen LogP contribution in [0.2, 0.25) is 0 Å². The van der Waals surface area contributed by atoms with Crippen molar-refractivity contribution >= 4 is 28.0 Å². The summed E-state index contributed by atoms with van der Waals surface area (Å²) in [5.74, 6) is -0.161. The molecule has 30 heavy (non-hydrogen) atoms. The number of nitrogens with one attached hydrogen (secondary N) is 1. The molecule has 0 spiro atoms. The minimum atomic E-state index is -0.661. The van der Waals surface area contributed by atoms with E-state index in [1.807, 2.05) is 20.8 Å². The maximum Gasteiger partial charge on any atom is 0.407 e. The molecule has 2 aromatic rings. The number of alkyl carbamates (subject to hydrolysis) is 1. The number of nitrogens with zero attached hydrogens (tertiary/aromatic N) is 2. The third kappa shape index (κ3) is 6.41. The minimum absolute atomic E-state index is 0.0542. The number of halogens is 1. The molecule has 3 rings (SSSR count). The second-order valence-corrected chi connectivity index (χ2v) is 8.75. The zero-order valence-electron chi connectivity index (χ0n) is 17.1. The molecule has 2 aromatic heterocycles. The van der Waals surface area contributed by atoms with Gasteiger partial charge in [0.1, 0.15) is 16.3 Å². The Kier molecular flexibility index (Phi) is 6.91. The summed E-state index contributed by atoms with van der Waals surface area (Å²) < 4.78 is 17.1. The Bertz CT molecular complexity index is 901. The molecule has 1 fully saturated rings. The van der Waals surface area contributed by atoms with Crippen LogP contribution >= 0.6 is 15.9 Å². The summed E-state index contributed by atoms with van der Waals surface area (Å²) in [6.45, 7) is 5.46. The van der Waals surface area contributed by atoms with Crippen LogP contribution in [0.1, 0.15) is 50.5 Å². The first-order chi connectivity index (χ1) is 14.2. The molecule has 8 nitrogen and oxygen atoms in total. The molecule has 160 valence electrons. The fourth-order valence-corrected chi connectivity index (χ4v) is 3.36. The molecule has 0 radical (unpaired) electrons. The van der Waals surface area contributed by atoms with Gasteiger partial charge in [0.2, 0.25) is 5.88 Å². The first-order valence-corrected chi connectivity index (χ1v) is 10.4. The largest absolute Gasteiger partial charge is 0.488 e. The lowest BCUT2D eigenvalue weighted by atomic mass is 10.2. The van der Waals surface area contributed by atoms with Crippen molar-refractivity contribution in [2.45, 2.75) is 57.8 Å². The Balaban J connectivity index is 1.63. The molecule has 1 amide bonds. The van der Waals surface area contributed by atoms with Crippen LogP contribution in [-0.2, 0) is 4.74 Å². The van der Waals surface area contributed by atoms with Gasteiger partial charge in [-0.2, -0.15) is 0 Å². The van der Waals surface area contributed by atoms with Crippen LogP contribution in [0.25, 0.3) is 0 Å². The summed E-state index contributed by atoms with van der Waals surface area (Å²) in [5.41, 5.74) is -0.497. The zero-order chi connectivity index (χ0) is 21.7. The van der Waals surface area contributed by atoms with Crippen molar-refractivity contribution in [3.05, 3.63) is 46.8 Å². The Morgan fingerprint density at radius 3 is 2.67 bits per heavy atom. The molecule has 0 aromatic carbocycles. The average molecular weight is 478 g/mol. The van der Waals surface area contributed by atoms with E-state index in [9.17, 15) is 9.59 Å². The number of esters is 1. The summed E-state index contributed by atoms with van der Waals surface area (Å²) >= 11 is 3.27. The number of hydrogen-bond donors (Lipinski definition) is 1. The van der Waals surface area contributed by atoms with Gasteiger partial charge in [-0.25, -0.2) is 19.6 Å². The highest BCUT2D eigenvalue weighted by Crippen LogP contribution is 2.28. The summed E-state index contributed by atoms with van der Waals surface area (Å²) in [4.78, 5) is 32.8. The van der Waals surface area contributed by atoms with E-state index in [1.165, 1.54) is 6.20 Å². The maximum absolute atomic E-state index is 12.6. The number of amides is 1. The molecule has 0 unspecified atom stereocenters. The van der Waals surface area contributed by atoms with E-state index in [0.29, 0.717) is 16.8 Å². The van der Waals surface area contributed by atoms with Crippen molar-refractivity contribution in [3.8, 4) is 11.6 Å². The summed E-state index contributed by atoms with van der Waals surface area (Å²) in [5, 5.41) is 2.87. The SMILES string of the molecule is CC(C)(C)OC(=O)N[C@H]1CC[C@@H](Oc2ccc(Br)nc2C(=O)Oc2ccccn2)C1. The first kappa shape index (κ1) is 22.0. The molecular weight excluding hydrogens is 454 g/mol. The van der Waals surface area contributed by atoms with E-state index in [0.717, 1.165) is 12.8 Å². The molecule has 2 atom stereocenters. The molecule has 2 heterocycles. The standard InChI is InChI=1S/C21H24BrN3O5/c1-21(2,3)30-20(27)24-13-7-8-14(12-13)28-15-9-10-16(22)25-18(15)19(26)29-17-6-4-5-11-23-17/h4-6,9-11,13-14H,7-8,12H2,1-3H3,(H,24,27)/t13-,14+/m0/s1. The lowest BCUT2D eigenvalue weighted by Gasteiger charge is -2.22. The van der Waals surface area contributed by atoms with Crippen LogP contribution < -0.4 is 14.8 Å². The van der Waals surface area contributed by atoms with Gasteiger partial charge in [0, 0.05) is 24.7 Å². The van der Waals surface area contributed by atoms with Crippen LogP contribution in [0.3, 0.4) is 0 Å². The average Bonchev–Trinajstić information content (AvgIpc) is 3.09. The molecular formula is C21H24BrN3O5. The lowest BCUT2D eigenvalue weighted by Crippen LogP contribution is -2.38. The fraction of sp³-hybridized carbons (Fsp3) is 0.429. The van der Waals surface area contributed by atoms with Crippen molar-refractivity contribution in [2.24, 2.45) is 0 Å². The molecule has 1 aliphatic carbocycles. The molecule has 0 aliphatic heterocycles. The highest BCUT2D eigenvalue weighted by Gasteiger charge is 2.30. The summed E-state index contributed by atoms with van der Waals surface area (Å²) in [7, 11) is 0. The number of rotatable bonds is 5. The normalized spacial score (nSPS) is 18.5. The number of carbonyl (C=O) groups is 2. The van der Waals surface area contributed by atoms with E-state index in [2.05, 4.69) is 31.2 Å². The third-order valence-electron chi connectivity index (χ3n) is 4.25. The van der Waals surface area contributed by atoms with Crippen LogP contribution in [0.15, 0.2) is 41.1 Å². The van der Waals surface area contributed by atoms with Crippen molar-refractivity contribution in [1.82, 2.24) is 15.3 Å². The highest BCUT2D eigenvalue weighted by molar-refractivity contribution is 9.10. The van der Waals surface area contributed by atoms with Crippen LogP contribution in [0.4, 0.5) is 4.79 Å². The molecule has 9 heteroatoms. The smallest absolute Gasteiger partial charge is 0.407 e. The molecule has 0 saturated heterocycles. The molecule has 1 aliphatic rings. The maximum atomic E-state index is 12.6. The predicted molar refractivity (Wildman–Crippen MR) is 113 cm³/mol. The summed E-state index contributed by atoms with van der Waals surface area (Å²) in [6, 6.07) is 8.33. The Morgan fingerprint density at radius 1 is 1.17 bits per heavy atom. The van der Waals surface area contributed by atoms with Gasteiger partial charge in [-0.05, 0) is 67.7 Å². The predicted octanol–water partition coefficient (Wildman–Crippen LogP) is 4.28. The number of pyridine rings is 2. The van der Waals surface area contributed by atoms with Gasteiger partial charge in [-0.1, -0.05) is 6.07 Å². The highest BCUT2D eigenvalue weighted by atomic mass is 79.9. The molecule has 1 saturated carbocycles. The monoisotopic (exact) mass is 477 g/mol. The number of carbonyl (C=O) groups excluding carboxylic acids is 2. The van der Waals surface area contributed by atoms with Crippen molar-refractivity contribution < 1.29 is 23.8 Å². The second kappa shape index (κ2) is 9.42. The molecule has 1 N–H and O–H groups in total. The second-order valence-electron chi connectivity index (χ2n) is 7.93. The van der Waals surface area contributed by atoms with Gasteiger partial charge < -0.3 is 19.5 Å². The van der Waals surface area contributed by atoms with E-state index in [-0.39, 0.29) is 23.7 Å². The molecule has 0 bridgehead atoms. The Labute approximate surface area is 183 Å². The van der Waals surface area contributed by atoms with Crippen LogP contribution in [0, 0.1) is 0 Å². The first-order valence-electron chi connectivity index (χ1n) is 9.65. The zero-order valence-corrected chi connectivity index (χ0v) is 18.6. The van der Waals surface area contributed by atoms with Gasteiger partial charge in [0.25, 0.3) is 0 Å². The number of hydrogen-bond acceptors (Lipinski definition) is 7. The van der Waals surface area contributed by atoms with Gasteiger partial charge >= 0.3 is 12.1 Å². The number of ether oxygens (including phenoxy) is 3. The van der Waals surface area contributed by atoms with E-state index in [1.54, 1.807) is 30.3 Å². The van der Waals surface area contributed by atoms with E-state index < -0.39 is 17.7 Å². The van der Waals surface area contributed by atoms with Crippen molar-refractivity contribution in [3.63, 3.8) is 0 Å². The minimum Gasteiger partial charge on any atom is -0.488 e. The van der Waals surface area contributed by atoms with Gasteiger partial charge in [0.15, 0.2) is 11.4 Å². The topological polar surface area (TPSA) is 99.6 Å². The number of aromatic nitrogens is 2. The quantitative estimate of drug-likeness (QED) is 0.506. The van der Waals surface area contributed by atoms with Gasteiger partial charge in [0.05, 0.1) is 0 Å². The van der Waals surface area contributed by atoms with Crippen molar-refractivity contribution in [2.75, 3.05) is 0 Å². The van der Waals surface area contributed by atoms with Gasteiger partial charge in [-0.15, -0.1) is 0 Å². The van der Waals surface area contributed by atoms with E-state index >= 15 is 0 Å². The Hall–Kier alpha value is -2.68. The van der Waals surface area contributed by atoms with Crippen LogP contribution in [0.5, 0.6) is 11.6 Å².